The fourth-order valence-electron chi connectivity index (χ4n) is 2.10. The summed E-state index contributed by atoms with van der Waals surface area (Å²) in [5.41, 5.74) is -0.648. The zero-order valence-electron chi connectivity index (χ0n) is 12.9. The normalized spacial score (nSPS) is 12.8. The number of hydrogen-bond acceptors (Lipinski definition) is 5. The third-order valence-electron chi connectivity index (χ3n) is 3.35. The molecule has 0 bridgehead atoms. The minimum Gasteiger partial charge on any atom is -0.459 e. The van der Waals surface area contributed by atoms with Crippen molar-refractivity contribution in [1.82, 2.24) is 15.5 Å². The Bertz CT molecular complexity index is 872. The monoisotopic (exact) mass is 351 g/mol. The lowest BCUT2D eigenvalue weighted by Gasteiger charge is -2.07. The molecule has 1 amide bonds. The number of alkyl halides is 3. The molecule has 0 spiro atoms. The zero-order valence-corrected chi connectivity index (χ0v) is 12.9. The Kier molecular flexibility index (Phi) is 4.30. The predicted octanol–water partition coefficient (Wildman–Crippen LogP) is 3.84. The number of benzene rings is 1. The summed E-state index contributed by atoms with van der Waals surface area (Å²) < 4.78 is 48.3. The van der Waals surface area contributed by atoms with Crippen molar-refractivity contribution in [3.63, 3.8) is 0 Å². The van der Waals surface area contributed by atoms with Gasteiger partial charge >= 0.3 is 6.18 Å². The van der Waals surface area contributed by atoms with E-state index in [-0.39, 0.29) is 23.0 Å². The average molecular weight is 351 g/mol. The molecule has 1 atom stereocenters. The van der Waals surface area contributed by atoms with E-state index in [9.17, 15) is 18.0 Å². The van der Waals surface area contributed by atoms with Crippen molar-refractivity contribution in [2.45, 2.75) is 19.1 Å². The number of furan rings is 1. The number of carbonyl (C=O) groups is 1. The molecule has 3 rings (SSSR count). The lowest BCUT2D eigenvalue weighted by molar-refractivity contribution is -0.137. The van der Waals surface area contributed by atoms with Crippen LogP contribution in [0.4, 0.5) is 13.2 Å². The number of amides is 1. The Labute approximate surface area is 139 Å². The molecular formula is C16H12F3N3O3. The van der Waals surface area contributed by atoms with Gasteiger partial charge in [-0.25, -0.2) is 0 Å². The molecular weight excluding hydrogens is 339 g/mol. The summed E-state index contributed by atoms with van der Waals surface area (Å²) in [5, 5.41) is 6.26. The van der Waals surface area contributed by atoms with E-state index in [4.69, 9.17) is 8.94 Å². The van der Waals surface area contributed by atoms with Gasteiger partial charge in [0.1, 0.15) is 6.04 Å². The van der Waals surface area contributed by atoms with Crippen LogP contribution in [0, 0.1) is 0 Å². The van der Waals surface area contributed by atoms with Gasteiger partial charge in [-0.05, 0) is 31.2 Å². The molecule has 2 aromatic heterocycles. The molecule has 0 fully saturated rings. The van der Waals surface area contributed by atoms with Crippen molar-refractivity contribution in [1.29, 1.82) is 0 Å². The van der Waals surface area contributed by atoms with Crippen LogP contribution in [0.3, 0.4) is 0 Å². The van der Waals surface area contributed by atoms with Crippen molar-refractivity contribution in [3.05, 3.63) is 59.9 Å². The van der Waals surface area contributed by atoms with Gasteiger partial charge in [0.25, 0.3) is 5.91 Å². The smallest absolute Gasteiger partial charge is 0.416 e. The number of nitrogens with one attached hydrogen (secondary N) is 1. The maximum Gasteiger partial charge on any atom is 0.416 e. The van der Waals surface area contributed by atoms with E-state index in [1.165, 1.54) is 24.5 Å². The highest BCUT2D eigenvalue weighted by atomic mass is 19.4. The Morgan fingerprint density at radius 2 is 2.04 bits per heavy atom. The van der Waals surface area contributed by atoms with Gasteiger partial charge in [0.2, 0.25) is 11.7 Å². The van der Waals surface area contributed by atoms with Crippen molar-refractivity contribution in [2.24, 2.45) is 0 Å². The molecule has 25 heavy (non-hydrogen) atoms. The second-order valence-corrected chi connectivity index (χ2v) is 5.21. The van der Waals surface area contributed by atoms with Crippen LogP contribution in [0.2, 0.25) is 0 Å². The maximum absolute atomic E-state index is 12.8. The van der Waals surface area contributed by atoms with Crippen LogP contribution in [-0.2, 0) is 6.18 Å². The van der Waals surface area contributed by atoms with E-state index in [0.29, 0.717) is 0 Å². The van der Waals surface area contributed by atoms with Crippen LogP contribution in [0.1, 0.15) is 35.0 Å². The van der Waals surface area contributed by atoms with Crippen LogP contribution >= 0.6 is 0 Å². The lowest BCUT2D eigenvalue weighted by Crippen LogP contribution is -2.26. The summed E-state index contributed by atoms with van der Waals surface area (Å²) in [4.78, 5) is 15.9. The first-order valence-electron chi connectivity index (χ1n) is 7.20. The van der Waals surface area contributed by atoms with Crippen molar-refractivity contribution >= 4 is 5.91 Å². The first-order chi connectivity index (χ1) is 11.8. The highest BCUT2D eigenvalue weighted by Gasteiger charge is 2.31. The Morgan fingerprint density at radius 3 is 2.72 bits per heavy atom. The minimum absolute atomic E-state index is 0.000183. The molecule has 0 aliphatic heterocycles. The number of aromatic nitrogens is 2. The van der Waals surface area contributed by atoms with Gasteiger partial charge in [0, 0.05) is 5.56 Å². The van der Waals surface area contributed by atoms with E-state index >= 15 is 0 Å². The van der Waals surface area contributed by atoms with Gasteiger partial charge in [-0.3, -0.25) is 4.79 Å². The van der Waals surface area contributed by atoms with Gasteiger partial charge in [-0.1, -0.05) is 17.3 Å². The number of hydrogen-bond donors (Lipinski definition) is 1. The summed E-state index contributed by atoms with van der Waals surface area (Å²) in [6.07, 6.45) is -3.11. The number of halogens is 3. The minimum atomic E-state index is -4.47. The Hall–Kier alpha value is -3.10. The Morgan fingerprint density at radius 1 is 1.24 bits per heavy atom. The van der Waals surface area contributed by atoms with Crippen molar-refractivity contribution in [2.75, 3.05) is 0 Å². The molecule has 3 aromatic rings. The lowest BCUT2D eigenvalue weighted by atomic mass is 10.1. The fraction of sp³-hybridized carbons (Fsp3) is 0.188. The SMILES string of the molecule is C[C@H](NC(=O)c1ccco1)c1nc(-c2cccc(C(F)(F)F)c2)no1. The van der Waals surface area contributed by atoms with Gasteiger partial charge in [0.15, 0.2) is 5.76 Å². The summed E-state index contributed by atoms with van der Waals surface area (Å²) in [6.45, 7) is 1.60. The molecule has 0 saturated carbocycles. The standard InChI is InChI=1S/C16H12F3N3O3/c1-9(20-14(23)12-6-3-7-24-12)15-21-13(22-25-15)10-4-2-5-11(8-10)16(17,18)19/h2-9H,1H3,(H,20,23)/t9-/m0/s1. The summed E-state index contributed by atoms with van der Waals surface area (Å²) in [6, 6.07) is 7.00. The van der Waals surface area contributed by atoms with Crippen LogP contribution in [0.15, 0.2) is 51.6 Å². The number of carbonyl (C=O) groups excluding carboxylic acids is 1. The molecule has 9 heteroatoms. The molecule has 0 unspecified atom stereocenters. The second kappa shape index (κ2) is 6.42. The molecule has 0 radical (unpaired) electrons. The molecule has 1 aromatic carbocycles. The Balaban J connectivity index is 1.77. The van der Waals surface area contributed by atoms with Gasteiger partial charge in [-0.15, -0.1) is 0 Å². The molecule has 0 aliphatic rings. The average Bonchev–Trinajstić information content (AvgIpc) is 3.26. The van der Waals surface area contributed by atoms with Gasteiger partial charge in [0.05, 0.1) is 11.8 Å². The molecule has 1 N–H and O–H groups in total. The van der Waals surface area contributed by atoms with Gasteiger partial charge < -0.3 is 14.3 Å². The topological polar surface area (TPSA) is 81.2 Å². The molecule has 0 aliphatic carbocycles. The van der Waals surface area contributed by atoms with Crippen molar-refractivity contribution in [3.8, 4) is 11.4 Å². The number of nitrogens with zero attached hydrogens (tertiary/aromatic N) is 2. The highest BCUT2D eigenvalue weighted by molar-refractivity contribution is 5.91. The van der Waals surface area contributed by atoms with Crippen molar-refractivity contribution < 1.29 is 26.9 Å². The quantitative estimate of drug-likeness (QED) is 0.772. The van der Waals surface area contributed by atoms with Crippen LogP contribution in [0.25, 0.3) is 11.4 Å². The summed E-state index contributed by atoms with van der Waals surface area (Å²) in [7, 11) is 0. The number of rotatable bonds is 4. The van der Waals surface area contributed by atoms with E-state index < -0.39 is 23.7 Å². The second-order valence-electron chi connectivity index (χ2n) is 5.21. The highest BCUT2D eigenvalue weighted by Crippen LogP contribution is 2.31. The van der Waals surface area contributed by atoms with Gasteiger partial charge in [-0.2, -0.15) is 18.2 Å². The van der Waals surface area contributed by atoms with Crippen LogP contribution in [0.5, 0.6) is 0 Å². The zero-order chi connectivity index (χ0) is 18.0. The first-order valence-corrected chi connectivity index (χ1v) is 7.20. The van der Waals surface area contributed by atoms with E-state index in [1.54, 1.807) is 13.0 Å². The molecule has 2 heterocycles. The third kappa shape index (κ3) is 3.70. The van der Waals surface area contributed by atoms with E-state index in [2.05, 4.69) is 15.5 Å². The van der Waals surface area contributed by atoms with E-state index in [1.807, 2.05) is 0 Å². The maximum atomic E-state index is 12.8. The molecule has 6 nitrogen and oxygen atoms in total. The van der Waals surface area contributed by atoms with Crippen LogP contribution < -0.4 is 5.32 Å². The fourth-order valence-corrected chi connectivity index (χ4v) is 2.10. The predicted molar refractivity (Wildman–Crippen MR) is 79.3 cm³/mol. The largest absolute Gasteiger partial charge is 0.459 e. The summed E-state index contributed by atoms with van der Waals surface area (Å²) in [5.74, 6) is -0.298. The third-order valence-corrected chi connectivity index (χ3v) is 3.35. The first kappa shape index (κ1) is 16.7. The summed E-state index contributed by atoms with van der Waals surface area (Å²) >= 11 is 0. The molecule has 0 saturated heterocycles. The molecule has 130 valence electrons. The van der Waals surface area contributed by atoms with E-state index in [0.717, 1.165) is 12.1 Å². The van der Waals surface area contributed by atoms with Crippen LogP contribution in [-0.4, -0.2) is 16.0 Å².